The van der Waals surface area contributed by atoms with Gasteiger partial charge in [0.05, 0.1) is 18.1 Å². The van der Waals surface area contributed by atoms with Crippen LogP contribution in [0.5, 0.6) is 0 Å². The van der Waals surface area contributed by atoms with Crippen LogP contribution in [0.2, 0.25) is 0 Å². The van der Waals surface area contributed by atoms with E-state index in [1.807, 2.05) is 28.9 Å². The zero-order chi connectivity index (χ0) is 18.4. The van der Waals surface area contributed by atoms with E-state index >= 15 is 0 Å². The quantitative estimate of drug-likeness (QED) is 0.431. The second-order valence-electron chi connectivity index (χ2n) is 7.23. The Morgan fingerprint density at radius 3 is 2.63 bits per heavy atom. The molecule has 27 heavy (non-hydrogen) atoms. The molecule has 6 nitrogen and oxygen atoms in total. The molecule has 1 saturated heterocycles. The number of fused-ring (bicyclic) bond motifs is 1. The van der Waals surface area contributed by atoms with Crippen LogP contribution in [0.3, 0.4) is 0 Å². The molecule has 5 rings (SSSR count). The van der Waals surface area contributed by atoms with Crippen molar-refractivity contribution in [2.45, 2.75) is 18.9 Å². The number of hydrogen-bond donors (Lipinski definition) is 0. The fraction of sp³-hybridized carbons (Fsp3) is 0.350. The van der Waals surface area contributed by atoms with Crippen molar-refractivity contribution in [3.63, 3.8) is 0 Å². The highest BCUT2D eigenvalue weighted by molar-refractivity contribution is 14.1. The SMILES string of the molecule is O=Cc1ccc(-c2cn3c(I)cnc3cn2)cc1N1CCN(C2CC2)CC1. The summed E-state index contributed by atoms with van der Waals surface area (Å²) in [5.74, 6) is 0. The molecule has 2 fully saturated rings. The van der Waals surface area contributed by atoms with Crippen molar-refractivity contribution in [2.75, 3.05) is 31.1 Å². The van der Waals surface area contributed by atoms with Gasteiger partial charge in [-0.2, -0.15) is 0 Å². The molecule has 7 heteroatoms. The van der Waals surface area contributed by atoms with E-state index in [2.05, 4.69) is 48.4 Å². The molecule has 2 aliphatic rings. The standard InChI is InChI=1S/C20H20IN5O/c21-19-10-23-20-11-22-17(12-26(19)20)14-1-2-15(13-27)18(9-14)25-7-5-24(6-8-25)16-3-4-16/h1-2,9-13,16H,3-8H2. The number of aldehydes is 1. The van der Waals surface area contributed by atoms with Gasteiger partial charge in [0.25, 0.3) is 0 Å². The van der Waals surface area contributed by atoms with Crippen LogP contribution in [-0.4, -0.2) is 57.8 Å². The Labute approximate surface area is 171 Å². The summed E-state index contributed by atoms with van der Waals surface area (Å²) in [5.41, 5.74) is 4.50. The number of nitrogens with zero attached hydrogens (tertiary/aromatic N) is 5. The first-order valence-corrected chi connectivity index (χ1v) is 10.4. The van der Waals surface area contributed by atoms with E-state index < -0.39 is 0 Å². The van der Waals surface area contributed by atoms with Crippen molar-refractivity contribution in [2.24, 2.45) is 0 Å². The highest BCUT2D eigenvalue weighted by Crippen LogP contribution is 2.31. The van der Waals surface area contributed by atoms with Gasteiger partial charge in [-0.3, -0.25) is 19.1 Å². The molecule has 0 N–H and O–H groups in total. The monoisotopic (exact) mass is 473 g/mol. The van der Waals surface area contributed by atoms with Gasteiger partial charge in [-0.05, 0) is 47.6 Å². The van der Waals surface area contributed by atoms with Gasteiger partial charge in [-0.25, -0.2) is 4.98 Å². The summed E-state index contributed by atoms with van der Waals surface area (Å²) >= 11 is 2.27. The van der Waals surface area contributed by atoms with Crippen LogP contribution in [0.4, 0.5) is 5.69 Å². The largest absolute Gasteiger partial charge is 0.368 e. The number of benzene rings is 1. The van der Waals surface area contributed by atoms with E-state index in [9.17, 15) is 4.79 Å². The zero-order valence-electron chi connectivity index (χ0n) is 14.9. The van der Waals surface area contributed by atoms with Gasteiger partial charge >= 0.3 is 0 Å². The summed E-state index contributed by atoms with van der Waals surface area (Å²) in [6.45, 7) is 4.08. The van der Waals surface area contributed by atoms with Crippen molar-refractivity contribution in [3.05, 3.63) is 46.1 Å². The van der Waals surface area contributed by atoms with Crippen LogP contribution in [0, 0.1) is 3.70 Å². The molecule has 1 aromatic carbocycles. The van der Waals surface area contributed by atoms with Crippen molar-refractivity contribution < 1.29 is 4.79 Å². The number of imidazole rings is 1. The minimum absolute atomic E-state index is 0.747. The number of aromatic nitrogens is 3. The van der Waals surface area contributed by atoms with Gasteiger partial charge in [-0.15, -0.1) is 0 Å². The molecule has 3 heterocycles. The van der Waals surface area contributed by atoms with E-state index in [1.54, 1.807) is 6.20 Å². The second kappa shape index (κ2) is 6.87. The Bertz CT molecular complexity index is 1000. The van der Waals surface area contributed by atoms with E-state index in [0.717, 1.165) is 70.4 Å². The summed E-state index contributed by atoms with van der Waals surface area (Å²) in [7, 11) is 0. The van der Waals surface area contributed by atoms with E-state index in [4.69, 9.17) is 0 Å². The zero-order valence-corrected chi connectivity index (χ0v) is 17.0. The van der Waals surface area contributed by atoms with E-state index in [-0.39, 0.29) is 0 Å². The molecule has 2 aromatic heterocycles. The van der Waals surface area contributed by atoms with Crippen molar-refractivity contribution in [3.8, 4) is 11.3 Å². The molecule has 1 aliphatic carbocycles. The van der Waals surface area contributed by atoms with E-state index in [1.165, 1.54) is 12.8 Å². The fourth-order valence-corrected chi connectivity index (χ4v) is 4.38. The Balaban J connectivity index is 1.47. The van der Waals surface area contributed by atoms with Crippen LogP contribution < -0.4 is 4.90 Å². The lowest BCUT2D eigenvalue weighted by atomic mass is 10.1. The topological polar surface area (TPSA) is 53.7 Å². The number of halogens is 1. The lowest BCUT2D eigenvalue weighted by Crippen LogP contribution is -2.47. The molecule has 0 radical (unpaired) electrons. The molecule has 138 valence electrons. The van der Waals surface area contributed by atoms with E-state index in [0.29, 0.717) is 0 Å². The smallest absolute Gasteiger partial charge is 0.156 e. The van der Waals surface area contributed by atoms with Crippen LogP contribution in [0.15, 0.2) is 36.8 Å². The van der Waals surface area contributed by atoms with Crippen LogP contribution in [0.1, 0.15) is 23.2 Å². The molecule has 1 saturated carbocycles. The highest BCUT2D eigenvalue weighted by Gasteiger charge is 2.31. The lowest BCUT2D eigenvalue weighted by Gasteiger charge is -2.36. The minimum Gasteiger partial charge on any atom is -0.368 e. The molecule has 0 amide bonds. The molecular weight excluding hydrogens is 453 g/mol. The summed E-state index contributed by atoms with van der Waals surface area (Å²) in [6.07, 6.45) is 9.28. The summed E-state index contributed by atoms with van der Waals surface area (Å²) in [4.78, 5) is 25.4. The Morgan fingerprint density at radius 2 is 1.89 bits per heavy atom. The van der Waals surface area contributed by atoms with Gasteiger partial charge in [-0.1, -0.05) is 6.07 Å². The van der Waals surface area contributed by atoms with Gasteiger partial charge in [0, 0.05) is 55.2 Å². The summed E-state index contributed by atoms with van der Waals surface area (Å²) in [6, 6.07) is 6.80. The predicted molar refractivity (Wildman–Crippen MR) is 113 cm³/mol. The minimum atomic E-state index is 0.747. The highest BCUT2D eigenvalue weighted by atomic mass is 127. The first kappa shape index (κ1) is 17.1. The van der Waals surface area contributed by atoms with Gasteiger partial charge < -0.3 is 4.90 Å². The number of carbonyl (C=O) groups is 1. The average Bonchev–Trinajstić information content (AvgIpc) is 3.51. The molecule has 0 bridgehead atoms. The summed E-state index contributed by atoms with van der Waals surface area (Å²) in [5, 5.41) is 0. The number of hydrogen-bond acceptors (Lipinski definition) is 5. The van der Waals surface area contributed by atoms with Crippen molar-refractivity contribution in [1.82, 2.24) is 19.3 Å². The molecule has 3 aromatic rings. The maximum absolute atomic E-state index is 11.6. The molecule has 1 aliphatic heterocycles. The Hall–Kier alpha value is -2.00. The maximum Gasteiger partial charge on any atom is 0.156 e. The van der Waals surface area contributed by atoms with Gasteiger partial charge in [0.1, 0.15) is 3.70 Å². The third-order valence-electron chi connectivity index (χ3n) is 5.52. The molecular formula is C20H20IN5O. The predicted octanol–water partition coefficient (Wildman–Crippen LogP) is 3.10. The fourth-order valence-electron chi connectivity index (χ4n) is 3.85. The van der Waals surface area contributed by atoms with Crippen LogP contribution >= 0.6 is 22.6 Å². The summed E-state index contributed by atoms with van der Waals surface area (Å²) < 4.78 is 3.08. The number of piperazine rings is 1. The van der Waals surface area contributed by atoms with Gasteiger partial charge in [0.15, 0.2) is 11.9 Å². The number of carbonyl (C=O) groups excluding carboxylic acids is 1. The first-order valence-electron chi connectivity index (χ1n) is 9.30. The van der Waals surface area contributed by atoms with Crippen molar-refractivity contribution in [1.29, 1.82) is 0 Å². The number of anilines is 1. The third-order valence-corrected chi connectivity index (χ3v) is 6.32. The lowest BCUT2D eigenvalue weighted by molar-refractivity contribution is 0.112. The third kappa shape index (κ3) is 3.23. The average molecular weight is 473 g/mol. The Morgan fingerprint density at radius 1 is 1.07 bits per heavy atom. The van der Waals surface area contributed by atoms with Crippen LogP contribution in [-0.2, 0) is 0 Å². The normalized spacial score (nSPS) is 18.2. The number of rotatable bonds is 4. The maximum atomic E-state index is 11.6. The second-order valence-corrected chi connectivity index (χ2v) is 8.33. The molecule has 0 atom stereocenters. The van der Waals surface area contributed by atoms with Gasteiger partial charge in [0.2, 0.25) is 0 Å². The van der Waals surface area contributed by atoms with Crippen LogP contribution in [0.25, 0.3) is 16.9 Å². The molecule has 0 unspecified atom stereocenters. The van der Waals surface area contributed by atoms with Crippen molar-refractivity contribution >= 4 is 40.2 Å². The molecule has 0 spiro atoms. The Kier molecular flexibility index (Phi) is 4.35. The first-order chi connectivity index (χ1) is 13.2.